The highest BCUT2D eigenvalue weighted by Crippen LogP contribution is 2.25. The van der Waals surface area contributed by atoms with Crippen LogP contribution in [0.4, 0.5) is 5.69 Å². The number of hydrogen-bond acceptors (Lipinski definition) is 3. The van der Waals surface area contributed by atoms with Crippen molar-refractivity contribution in [1.82, 2.24) is 4.90 Å². The second-order valence-electron chi connectivity index (χ2n) is 6.70. The molecule has 0 bridgehead atoms. The van der Waals surface area contributed by atoms with Crippen molar-refractivity contribution in [2.24, 2.45) is 0 Å². The van der Waals surface area contributed by atoms with Crippen LogP contribution in [0.1, 0.15) is 47.4 Å². The topological polar surface area (TPSA) is 58.6 Å². The lowest BCUT2D eigenvalue weighted by Gasteiger charge is -2.16. The molecule has 1 saturated heterocycles. The van der Waals surface area contributed by atoms with Crippen LogP contribution < -0.4 is 10.1 Å². The highest BCUT2D eigenvalue weighted by molar-refractivity contribution is 6.06. The number of rotatable bonds is 5. The van der Waals surface area contributed by atoms with Gasteiger partial charge in [-0.15, -0.1) is 0 Å². The lowest BCUT2D eigenvalue weighted by Crippen LogP contribution is -2.27. The van der Waals surface area contributed by atoms with Gasteiger partial charge >= 0.3 is 0 Å². The number of anilines is 1. The third-order valence-electron chi connectivity index (χ3n) is 4.26. The van der Waals surface area contributed by atoms with Gasteiger partial charge in [-0.3, -0.25) is 9.59 Å². The Hall–Kier alpha value is -2.82. The van der Waals surface area contributed by atoms with Gasteiger partial charge in [0.2, 0.25) is 0 Å². The number of hydrogen-bond donors (Lipinski definition) is 1. The molecule has 0 radical (unpaired) electrons. The molecule has 1 aliphatic heterocycles. The van der Waals surface area contributed by atoms with Crippen molar-refractivity contribution in [1.29, 1.82) is 0 Å². The number of benzene rings is 2. The van der Waals surface area contributed by atoms with Crippen LogP contribution in [0.2, 0.25) is 0 Å². The SMILES string of the molecule is CC(C)Oc1ccccc1NC(=O)c1cccc(C(=O)N2CCCC2)c1. The summed E-state index contributed by atoms with van der Waals surface area (Å²) in [4.78, 5) is 27.0. The summed E-state index contributed by atoms with van der Waals surface area (Å²) in [5, 5.41) is 2.88. The van der Waals surface area contributed by atoms with Crippen LogP contribution in [-0.2, 0) is 0 Å². The zero-order valence-corrected chi connectivity index (χ0v) is 15.2. The fourth-order valence-electron chi connectivity index (χ4n) is 3.02. The van der Waals surface area contributed by atoms with E-state index >= 15 is 0 Å². The lowest BCUT2D eigenvalue weighted by molar-refractivity contribution is 0.0793. The highest BCUT2D eigenvalue weighted by Gasteiger charge is 2.20. The van der Waals surface area contributed by atoms with Gasteiger partial charge in [-0.1, -0.05) is 18.2 Å². The van der Waals surface area contributed by atoms with Crippen molar-refractivity contribution in [2.75, 3.05) is 18.4 Å². The number of ether oxygens (including phenoxy) is 1. The fourth-order valence-corrected chi connectivity index (χ4v) is 3.02. The van der Waals surface area contributed by atoms with Crippen molar-refractivity contribution in [2.45, 2.75) is 32.8 Å². The number of carbonyl (C=O) groups excluding carboxylic acids is 2. The Morgan fingerprint density at radius 1 is 1.00 bits per heavy atom. The van der Waals surface area contributed by atoms with E-state index in [0.29, 0.717) is 22.6 Å². The molecular weight excluding hydrogens is 328 g/mol. The predicted octanol–water partition coefficient (Wildman–Crippen LogP) is 3.96. The summed E-state index contributed by atoms with van der Waals surface area (Å²) in [7, 11) is 0. The first-order valence-corrected chi connectivity index (χ1v) is 9.01. The van der Waals surface area contributed by atoms with Gasteiger partial charge in [-0.25, -0.2) is 0 Å². The van der Waals surface area contributed by atoms with E-state index < -0.39 is 0 Å². The largest absolute Gasteiger partial charge is 0.489 e. The van der Waals surface area contributed by atoms with Crippen LogP contribution in [-0.4, -0.2) is 35.9 Å². The van der Waals surface area contributed by atoms with Crippen molar-refractivity contribution in [3.63, 3.8) is 0 Å². The quantitative estimate of drug-likeness (QED) is 0.886. The fraction of sp³-hybridized carbons (Fsp3) is 0.333. The third kappa shape index (κ3) is 4.23. The summed E-state index contributed by atoms with van der Waals surface area (Å²) in [6.07, 6.45) is 2.09. The van der Waals surface area contributed by atoms with E-state index in [4.69, 9.17) is 4.74 Å². The van der Waals surface area contributed by atoms with Crippen molar-refractivity contribution in [3.05, 3.63) is 59.7 Å². The van der Waals surface area contributed by atoms with Gasteiger partial charge in [0.1, 0.15) is 5.75 Å². The van der Waals surface area contributed by atoms with Gasteiger partial charge in [0, 0.05) is 24.2 Å². The summed E-state index contributed by atoms with van der Waals surface area (Å²) < 4.78 is 5.74. The maximum Gasteiger partial charge on any atom is 0.255 e. The summed E-state index contributed by atoms with van der Waals surface area (Å²) in [6.45, 7) is 5.45. The maximum absolute atomic E-state index is 12.7. The Labute approximate surface area is 154 Å². The number of nitrogens with one attached hydrogen (secondary N) is 1. The van der Waals surface area contributed by atoms with Crippen molar-refractivity contribution >= 4 is 17.5 Å². The molecule has 0 unspecified atom stereocenters. The van der Waals surface area contributed by atoms with Gasteiger partial charge in [0.25, 0.3) is 11.8 Å². The van der Waals surface area contributed by atoms with Crippen LogP contribution in [0.3, 0.4) is 0 Å². The van der Waals surface area contributed by atoms with Gasteiger partial charge in [0.05, 0.1) is 11.8 Å². The molecule has 3 rings (SSSR count). The molecule has 0 aliphatic carbocycles. The molecule has 2 aromatic rings. The van der Waals surface area contributed by atoms with E-state index in [1.54, 1.807) is 30.3 Å². The predicted molar refractivity (Wildman–Crippen MR) is 102 cm³/mol. The molecule has 0 atom stereocenters. The summed E-state index contributed by atoms with van der Waals surface area (Å²) in [6, 6.07) is 14.2. The van der Waals surface area contributed by atoms with Crippen molar-refractivity contribution < 1.29 is 14.3 Å². The molecule has 0 spiro atoms. The Balaban J connectivity index is 1.76. The van der Waals surface area contributed by atoms with Crippen LogP contribution >= 0.6 is 0 Å². The Morgan fingerprint density at radius 2 is 1.69 bits per heavy atom. The van der Waals surface area contributed by atoms with Crippen LogP contribution in [0.25, 0.3) is 0 Å². The molecule has 2 aromatic carbocycles. The molecule has 1 heterocycles. The van der Waals surface area contributed by atoms with E-state index in [9.17, 15) is 9.59 Å². The monoisotopic (exact) mass is 352 g/mol. The first-order chi connectivity index (χ1) is 12.5. The molecule has 5 nitrogen and oxygen atoms in total. The average Bonchev–Trinajstić information content (AvgIpc) is 3.17. The first-order valence-electron chi connectivity index (χ1n) is 9.01. The molecular formula is C21H24N2O3. The van der Waals surface area contributed by atoms with Crippen LogP contribution in [0, 0.1) is 0 Å². The number of nitrogens with zero attached hydrogens (tertiary/aromatic N) is 1. The third-order valence-corrected chi connectivity index (χ3v) is 4.26. The number of carbonyl (C=O) groups is 2. The molecule has 2 amide bonds. The minimum Gasteiger partial charge on any atom is -0.489 e. The Morgan fingerprint density at radius 3 is 2.42 bits per heavy atom. The van der Waals surface area contributed by atoms with Crippen LogP contribution in [0.5, 0.6) is 5.75 Å². The van der Waals surface area contributed by atoms with Crippen LogP contribution in [0.15, 0.2) is 48.5 Å². The van der Waals surface area contributed by atoms with E-state index in [1.165, 1.54) is 0 Å². The second-order valence-corrected chi connectivity index (χ2v) is 6.70. The standard InChI is InChI=1S/C21H24N2O3/c1-15(2)26-19-11-4-3-10-18(19)22-20(24)16-8-7-9-17(14-16)21(25)23-12-5-6-13-23/h3-4,7-11,14-15H,5-6,12-13H2,1-2H3,(H,22,24). The molecule has 0 aromatic heterocycles. The zero-order chi connectivity index (χ0) is 18.5. The second kappa shape index (κ2) is 8.04. The van der Waals surface area contributed by atoms with E-state index in [-0.39, 0.29) is 17.9 Å². The van der Waals surface area contributed by atoms with E-state index in [0.717, 1.165) is 25.9 Å². The summed E-state index contributed by atoms with van der Waals surface area (Å²) in [5.41, 5.74) is 1.61. The van der Waals surface area contributed by atoms with Gasteiger partial charge in [0.15, 0.2) is 0 Å². The minimum absolute atomic E-state index is 0.00876. The highest BCUT2D eigenvalue weighted by atomic mass is 16.5. The van der Waals surface area contributed by atoms with Gasteiger partial charge < -0.3 is 15.0 Å². The van der Waals surface area contributed by atoms with E-state index in [2.05, 4.69) is 5.32 Å². The molecule has 26 heavy (non-hydrogen) atoms. The Bertz CT molecular complexity index is 795. The summed E-state index contributed by atoms with van der Waals surface area (Å²) in [5.74, 6) is 0.349. The van der Waals surface area contributed by atoms with Gasteiger partial charge in [-0.2, -0.15) is 0 Å². The molecule has 1 aliphatic rings. The maximum atomic E-state index is 12.7. The minimum atomic E-state index is -0.263. The molecule has 136 valence electrons. The average molecular weight is 352 g/mol. The lowest BCUT2D eigenvalue weighted by atomic mass is 10.1. The first kappa shape index (κ1) is 18.0. The molecule has 1 N–H and O–H groups in total. The Kier molecular flexibility index (Phi) is 5.56. The molecule has 0 saturated carbocycles. The number of likely N-dealkylation sites (tertiary alicyclic amines) is 1. The smallest absolute Gasteiger partial charge is 0.255 e. The summed E-state index contributed by atoms with van der Waals surface area (Å²) >= 11 is 0. The van der Waals surface area contributed by atoms with E-state index in [1.807, 2.05) is 36.9 Å². The van der Waals surface area contributed by atoms with Gasteiger partial charge in [-0.05, 0) is 57.0 Å². The molecule has 1 fully saturated rings. The molecule has 5 heteroatoms. The van der Waals surface area contributed by atoms with Crippen molar-refractivity contribution in [3.8, 4) is 5.75 Å². The number of amides is 2. The normalized spacial score (nSPS) is 13.7. The zero-order valence-electron chi connectivity index (χ0n) is 15.2. The number of para-hydroxylation sites is 2.